The van der Waals surface area contributed by atoms with Crippen molar-refractivity contribution in [1.29, 1.82) is 0 Å². The number of hydrogen-bond acceptors (Lipinski definition) is 1. The molecule has 0 fully saturated rings. The van der Waals surface area contributed by atoms with E-state index in [9.17, 15) is 0 Å². The lowest BCUT2D eigenvalue weighted by molar-refractivity contribution is 0.0978. The van der Waals surface area contributed by atoms with Gasteiger partial charge in [0, 0.05) is 18.0 Å². The van der Waals surface area contributed by atoms with Crippen LogP contribution in [0.15, 0.2) is 24.3 Å². The van der Waals surface area contributed by atoms with Crippen LogP contribution in [0.2, 0.25) is 5.02 Å². The van der Waals surface area contributed by atoms with E-state index >= 15 is 0 Å². The van der Waals surface area contributed by atoms with Gasteiger partial charge >= 0.3 is 0 Å². The first-order chi connectivity index (χ1) is 7.67. The first-order valence-electron chi connectivity index (χ1n) is 5.49. The van der Waals surface area contributed by atoms with Crippen molar-refractivity contribution in [3.05, 3.63) is 34.9 Å². The summed E-state index contributed by atoms with van der Waals surface area (Å²) in [5.74, 6) is 1.05. The molecule has 0 aliphatic rings. The third-order valence-electron chi connectivity index (χ3n) is 2.75. The van der Waals surface area contributed by atoms with Crippen LogP contribution in [0.1, 0.15) is 18.9 Å². The van der Waals surface area contributed by atoms with Gasteiger partial charge in [0.25, 0.3) is 0 Å². The number of halogens is 2. The smallest absolute Gasteiger partial charge is 0.0546 e. The third kappa shape index (κ3) is 4.32. The highest BCUT2D eigenvalue weighted by atomic mass is 35.5. The van der Waals surface area contributed by atoms with Crippen molar-refractivity contribution >= 4 is 23.2 Å². The standard InChI is InChI=1S/C13H18Cl2O/c1-10(16-2)7-11(9-14)8-12-5-3-4-6-13(12)15/h3-6,10-11H,7-9H2,1-2H3. The topological polar surface area (TPSA) is 9.23 Å². The van der Waals surface area contributed by atoms with Crippen LogP contribution in [0.25, 0.3) is 0 Å². The third-order valence-corrected chi connectivity index (χ3v) is 3.56. The Bertz CT molecular complexity index is 315. The highest BCUT2D eigenvalue weighted by Crippen LogP contribution is 2.22. The number of alkyl halides is 1. The maximum Gasteiger partial charge on any atom is 0.0546 e. The van der Waals surface area contributed by atoms with Crippen molar-refractivity contribution in [2.24, 2.45) is 5.92 Å². The van der Waals surface area contributed by atoms with Crippen LogP contribution in [0, 0.1) is 5.92 Å². The van der Waals surface area contributed by atoms with Gasteiger partial charge in [-0.25, -0.2) is 0 Å². The largest absolute Gasteiger partial charge is 0.382 e. The fraction of sp³-hybridized carbons (Fsp3) is 0.538. The number of benzene rings is 1. The van der Waals surface area contributed by atoms with Crippen molar-refractivity contribution in [3.8, 4) is 0 Å². The molecule has 1 aromatic carbocycles. The van der Waals surface area contributed by atoms with Crippen LogP contribution >= 0.6 is 23.2 Å². The molecule has 90 valence electrons. The molecule has 0 aromatic heterocycles. The molecule has 3 heteroatoms. The van der Waals surface area contributed by atoms with Crippen LogP contribution in [-0.4, -0.2) is 19.1 Å². The van der Waals surface area contributed by atoms with Crippen molar-refractivity contribution in [1.82, 2.24) is 0 Å². The van der Waals surface area contributed by atoms with Gasteiger partial charge in [0.2, 0.25) is 0 Å². The number of hydrogen-bond donors (Lipinski definition) is 0. The monoisotopic (exact) mass is 260 g/mol. The van der Waals surface area contributed by atoms with Gasteiger partial charge in [-0.3, -0.25) is 0 Å². The molecule has 1 nitrogen and oxygen atoms in total. The highest BCUT2D eigenvalue weighted by molar-refractivity contribution is 6.31. The van der Waals surface area contributed by atoms with E-state index in [0.717, 1.165) is 23.4 Å². The molecular formula is C13H18Cl2O. The van der Waals surface area contributed by atoms with Crippen LogP contribution in [0.3, 0.4) is 0 Å². The molecule has 0 aliphatic carbocycles. The Labute approximate surface area is 108 Å². The van der Waals surface area contributed by atoms with Crippen LogP contribution < -0.4 is 0 Å². The molecule has 0 radical (unpaired) electrons. The molecule has 1 aromatic rings. The normalized spacial score (nSPS) is 14.8. The van der Waals surface area contributed by atoms with Gasteiger partial charge < -0.3 is 4.74 Å². The Balaban J connectivity index is 2.60. The number of methoxy groups -OCH3 is 1. The number of rotatable bonds is 6. The van der Waals surface area contributed by atoms with E-state index in [0.29, 0.717) is 11.8 Å². The lowest BCUT2D eigenvalue weighted by Gasteiger charge is -2.18. The summed E-state index contributed by atoms with van der Waals surface area (Å²) in [6.07, 6.45) is 2.12. The summed E-state index contributed by atoms with van der Waals surface area (Å²) < 4.78 is 5.26. The molecule has 0 heterocycles. The minimum atomic E-state index is 0.242. The van der Waals surface area contributed by atoms with Crippen molar-refractivity contribution in [2.75, 3.05) is 13.0 Å². The molecule has 0 bridgehead atoms. The average Bonchev–Trinajstić information content (AvgIpc) is 2.30. The minimum absolute atomic E-state index is 0.242. The molecule has 0 aliphatic heterocycles. The summed E-state index contributed by atoms with van der Waals surface area (Å²) in [4.78, 5) is 0. The van der Waals surface area contributed by atoms with Crippen molar-refractivity contribution in [2.45, 2.75) is 25.9 Å². The summed E-state index contributed by atoms with van der Waals surface area (Å²) in [7, 11) is 1.73. The second kappa shape index (κ2) is 7.16. The van der Waals surface area contributed by atoms with Gasteiger partial charge in [-0.05, 0) is 37.3 Å². The summed E-state index contributed by atoms with van der Waals surface area (Å²) in [6.45, 7) is 2.06. The first-order valence-corrected chi connectivity index (χ1v) is 6.40. The fourth-order valence-corrected chi connectivity index (χ4v) is 2.19. The number of ether oxygens (including phenoxy) is 1. The average molecular weight is 261 g/mol. The van der Waals surface area contributed by atoms with Crippen molar-refractivity contribution < 1.29 is 4.74 Å². The molecule has 0 amide bonds. The zero-order valence-electron chi connectivity index (χ0n) is 9.75. The molecule has 2 atom stereocenters. The quantitative estimate of drug-likeness (QED) is 0.698. The Morgan fingerprint density at radius 3 is 2.56 bits per heavy atom. The van der Waals surface area contributed by atoms with E-state index in [1.54, 1.807) is 7.11 Å². The molecule has 0 N–H and O–H groups in total. The zero-order valence-corrected chi connectivity index (χ0v) is 11.3. The van der Waals surface area contributed by atoms with Gasteiger partial charge in [-0.2, -0.15) is 0 Å². The Morgan fingerprint density at radius 1 is 1.31 bits per heavy atom. The van der Waals surface area contributed by atoms with E-state index in [-0.39, 0.29) is 6.10 Å². The maximum atomic E-state index is 6.12. The summed E-state index contributed by atoms with van der Waals surface area (Å²) in [5.41, 5.74) is 1.16. The maximum absolute atomic E-state index is 6.12. The van der Waals surface area contributed by atoms with Crippen molar-refractivity contribution in [3.63, 3.8) is 0 Å². The van der Waals surface area contributed by atoms with E-state index in [4.69, 9.17) is 27.9 Å². The van der Waals surface area contributed by atoms with Crippen LogP contribution in [0.4, 0.5) is 0 Å². The second-order valence-electron chi connectivity index (χ2n) is 4.10. The van der Waals surface area contributed by atoms with E-state index in [1.807, 2.05) is 18.2 Å². The first kappa shape index (κ1) is 13.8. The summed E-state index contributed by atoms with van der Waals surface area (Å²) >= 11 is 12.1. The van der Waals surface area contributed by atoms with Crippen LogP contribution in [-0.2, 0) is 11.2 Å². The molecule has 0 spiro atoms. The van der Waals surface area contributed by atoms with Gasteiger partial charge in [-0.15, -0.1) is 11.6 Å². The van der Waals surface area contributed by atoms with E-state index in [2.05, 4.69) is 13.0 Å². The Hall–Kier alpha value is -0.240. The summed E-state index contributed by atoms with van der Waals surface area (Å²) in [6, 6.07) is 7.92. The SMILES string of the molecule is COC(C)CC(CCl)Cc1ccccc1Cl. The zero-order chi connectivity index (χ0) is 12.0. The molecule has 0 saturated heterocycles. The molecule has 2 unspecified atom stereocenters. The van der Waals surface area contributed by atoms with Gasteiger partial charge in [-0.1, -0.05) is 29.8 Å². The van der Waals surface area contributed by atoms with E-state index < -0.39 is 0 Å². The molecule has 16 heavy (non-hydrogen) atoms. The second-order valence-corrected chi connectivity index (χ2v) is 4.81. The predicted octanol–water partition coefficient (Wildman–Crippen LogP) is 4.16. The summed E-state index contributed by atoms with van der Waals surface area (Å²) in [5, 5.41) is 0.822. The predicted molar refractivity (Wildman–Crippen MR) is 70.5 cm³/mol. The minimum Gasteiger partial charge on any atom is -0.382 e. The Kier molecular flexibility index (Phi) is 6.18. The van der Waals surface area contributed by atoms with Gasteiger partial charge in [0.15, 0.2) is 0 Å². The molecule has 0 saturated carbocycles. The lowest BCUT2D eigenvalue weighted by Crippen LogP contribution is -2.16. The molecule has 1 rings (SSSR count). The molecular weight excluding hydrogens is 243 g/mol. The fourth-order valence-electron chi connectivity index (χ4n) is 1.74. The van der Waals surface area contributed by atoms with Crippen LogP contribution in [0.5, 0.6) is 0 Å². The highest BCUT2D eigenvalue weighted by Gasteiger charge is 2.14. The van der Waals surface area contributed by atoms with E-state index in [1.165, 1.54) is 0 Å². The van der Waals surface area contributed by atoms with Gasteiger partial charge in [0.05, 0.1) is 6.10 Å². The van der Waals surface area contributed by atoms with Gasteiger partial charge in [0.1, 0.15) is 0 Å². The lowest BCUT2D eigenvalue weighted by atomic mass is 9.95. The Morgan fingerprint density at radius 2 is 2.00 bits per heavy atom.